The fourth-order valence-electron chi connectivity index (χ4n) is 3.21. The van der Waals surface area contributed by atoms with E-state index in [-0.39, 0.29) is 5.91 Å². The summed E-state index contributed by atoms with van der Waals surface area (Å²) in [5.41, 5.74) is 3.88. The first-order valence-corrected chi connectivity index (χ1v) is 9.69. The molecule has 0 saturated heterocycles. The van der Waals surface area contributed by atoms with Crippen molar-refractivity contribution in [2.24, 2.45) is 0 Å². The molecule has 3 N–H and O–H groups in total. The second-order valence-electron chi connectivity index (χ2n) is 7.27. The number of hydrogen-bond acceptors (Lipinski definition) is 5. The number of hydrogen-bond donors (Lipinski definition) is 3. The lowest BCUT2D eigenvalue weighted by atomic mass is 10.0. The monoisotopic (exact) mass is 401 g/mol. The van der Waals surface area contributed by atoms with Crippen LogP contribution in [-0.4, -0.2) is 28.2 Å². The van der Waals surface area contributed by atoms with Crippen molar-refractivity contribution in [3.8, 4) is 5.75 Å². The molecule has 4 aromatic rings. The van der Waals surface area contributed by atoms with Gasteiger partial charge in [0.2, 0.25) is 0 Å². The van der Waals surface area contributed by atoms with E-state index in [2.05, 4.69) is 39.7 Å². The average Bonchev–Trinajstić information content (AvgIpc) is 3.22. The predicted octanol–water partition coefficient (Wildman–Crippen LogP) is 5.09. The first-order chi connectivity index (χ1) is 14.5. The van der Waals surface area contributed by atoms with Gasteiger partial charge in [0.05, 0.1) is 30.1 Å². The molecule has 1 amide bonds. The lowest BCUT2D eigenvalue weighted by Gasteiger charge is -2.15. The van der Waals surface area contributed by atoms with Crippen LogP contribution in [0.1, 0.15) is 35.7 Å². The average molecular weight is 401 g/mol. The number of aromatic nitrogens is 3. The number of ether oxygens (including phenoxy) is 1. The number of fused-ring (bicyclic) bond motifs is 1. The van der Waals surface area contributed by atoms with Crippen LogP contribution in [0.3, 0.4) is 0 Å². The topological polar surface area (TPSA) is 91.9 Å². The fraction of sp³-hybridized carbons (Fsp3) is 0.174. The number of amides is 1. The van der Waals surface area contributed by atoms with Crippen molar-refractivity contribution >= 4 is 34.0 Å². The third kappa shape index (κ3) is 3.96. The Bertz CT molecular complexity index is 1200. The van der Waals surface area contributed by atoms with E-state index in [1.807, 2.05) is 36.4 Å². The molecule has 0 spiro atoms. The number of H-pyrrole nitrogens is 1. The number of aromatic amines is 1. The van der Waals surface area contributed by atoms with Crippen molar-refractivity contribution in [2.45, 2.75) is 19.8 Å². The molecular weight excluding hydrogens is 378 g/mol. The maximum absolute atomic E-state index is 13.1. The van der Waals surface area contributed by atoms with E-state index >= 15 is 0 Å². The standard InChI is InChI=1S/C23H23N5O2/c1-14(2)15-7-9-21(30-3)20(11-15)27-23(29)18-5-4-10-24-22(18)26-17-8-6-16-13-25-28-19(16)12-17/h4-14H,1-3H3,(H,24,26)(H,25,28)(H,27,29). The van der Waals surface area contributed by atoms with E-state index in [0.29, 0.717) is 28.7 Å². The van der Waals surface area contributed by atoms with Crippen LogP contribution in [0.4, 0.5) is 17.2 Å². The quantitative estimate of drug-likeness (QED) is 0.419. The number of nitrogens with zero attached hydrogens (tertiary/aromatic N) is 2. The highest BCUT2D eigenvalue weighted by Gasteiger charge is 2.16. The molecule has 0 radical (unpaired) electrons. The van der Waals surface area contributed by atoms with Gasteiger partial charge in [-0.2, -0.15) is 5.10 Å². The molecule has 0 fully saturated rings. The molecule has 0 atom stereocenters. The van der Waals surface area contributed by atoms with Crippen LogP contribution in [0.2, 0.25) is 0 Å². The van der Waals surface area contributed by atoms with Crippen LogP contribution in [-0.2, 0) is 0 Å². The predicted molar refractivity (Wildman–Crippen MR) is 119 cm³/mol. The number of anilines is 3. The largest absolute Gasteiger partial charge is 0.495 e. The molecule has 4 rings (SSSR count). The molecule has 30 heavy (non-hydrogen) atoms. The van der Waals surface area contributed by atoms with Crippen molar-refractivity contribution in [3.63, 3.8) is 0 Å². The zero-order valence-corrected chi connectivity index (χ0v) is 17.1. The summed E-state index contributed by atoms with van der Waals surface area (Å²) in [7, 11) is 1.59. The Morgan fingerprint density at radius 3 is 2.80 bits per heavy atom. The van der Waals surface area contributed by atoms with E-state index < -0.39 is 0 Å². The van der Waals surface area contributed by atoms with E-state index in [9.17, 15) is 4.79 Å². The van der Waals surface area contributed by atoms with Crippen LogP contribution in [0.25, 0.3) is 10.9 Å². The van der Waals surface area contributed by atoms with Gasteiger partial charge in [-0.1, -0.05) is 19.9 Å². The number of nitrogens with one attached hydrogen (secondary N) is 3. The highest BCUT2D eigenvalue weighted by molar-refractivity contribution is 6.08. The number of methoxy groups -OCH3 is 1. The van der Waals surface area contributed by atoms with Gasteiger partial charge >= 0.3 is 0 Å². The lowest BCUT2D eigenvalue weighted by Crippen LogP contribution is -2.15. The summed E-state index contributed by atoms with van der Waals surface area (Å²) in [5, 5.41) is 14.2. The van der Waals surface area contributed by atoms with Gasteiger partial charge < -0.3 is 15.4 Å². The maximum atomic E-state index is 13.1. The minimum atomic E-state index is -0.271. The second kappa shape index (κ2) is 8.24. The summed E-state index contributed by atoms with van der Waals surface area (Å²) in [4.78, 5) is 17.4. The van der Waals surface area contributed by atoms with Crippen molar-refractivity contribution in [3.05, 3.63) is 72.1 Å². The highest BCUT2D eigenvalue weighted by Crippen LogP contribution is 2.30. The maximum Gasteiger partial charge on any atom is 0.259 e. The molecule has 0 aliphatic rings. The lowest BCUT2D eigenvalue weighted by molar-refractivity contribution is 0.102. The van der Waals surface area contributed by atoms with Crippen molar-refractivity contribution in [1.82, 2.24) is 15.2 Å². The van der Waals surface area contributed by atoms with Gasteiger partial charge in [0.25, 0.3) is 5.91 Å². The molecular formula is C23H23N5O2. The molecule has 2 aromatic heterocycles. The molecule has 0 aliphatic carbocycles. The Balaban J connectivity index is 1.62. The summed E-state index contributed by atoms with van der Waals surface area (Å²) < 4.78 is 5.42. The summed E-state index contributed by atoms with van der Waals surface area (Å²) in [5.74, 6) is 1.13. The minimum Gasteiger partial charge on any atom is -0.495 e. The molecule has 2 aromatic carbocycles. The smallest absolute Gasteiger partial charge is 0.259 e. The van der Waals surface area contributed by atoms with Crippen LogP contribution in [0, 0.1) is 0 Å². The summed E-state index contributed by atoms with van der Waals surface area (Å²) in [6, 6.07) is 15.1. The Labute approximate surface area is 174 Å². The zero-order chi connectivity index (χ0) is 21.1. The van der Waals surface area contributed by atoms with Crippen LogP contribution < -0.4 is 15.4 Å². The Kier molecular flexibility index (Phi) is 5.34. The van der Waals surface area contributed by atoms with Gasteiger partial charge in [-0.05, 0) is 53.9 Å². The second-order valence-corrected chi connectivity index (χ2v) is 7.27. The Hall–Kier alpha value is -3.87. The van der Waals surface area contributed by atoms with Crippen molar-refractivity contribution < 1.29 is 9.53 Å². The van der Waals surface area contributed by atoms with Crippen molar-refractivity contribution in [1.29, 1.82) is 0 Å². The van der Waals surface area contributed by atoms with E-state index in [1.54, 1.807) is 31.6 Å². The van der Waals surface area contributed by atoms with Gasteiger partial charge in [0.1, 0.15) is 11.6 Å². The number of carbonyl (C=O) groups is 1. The zero-order valence-electron chi connectivity index (χ0n) is 17.1. The summed E-state index contributed by atoms with van der Waals surface area (Å²) in [6.07, 6.45) is 3.41. The molecule has 152 valence electrons. The minimum absolute atomic E-state index is 0.271. The number of benzene rings is 2. The van der Waals surface area contributed by atoms with Crippen LogP contribution >= 0.6 is 0 Å². The van der Waals surface area contributed by atoms with Gasteiger partial charge in [-0.25, -0.2) is 4.98 Å². The van der Waals surface area contributed by atoms with E-state index in [0.717, 1.165) is 22.2 Å². The molecule has 2 heterocycles. The van der Waals surface area contributed by atoms with Gasteiger partial charge in [-0.15, -0.1) is 0 Å². The highest BCUT2D eigenvalue weighted by atomic mass is 16.5. The Morgan fingerprint density at radius 2 is 2.00 bits per heavy atom. The van der Waals surface area contributed by atoms with E-state index in [1.165, 1.54) is 0 Å². The van der Waals surface area contributed by atoms with Gasteiger partial charge in [-0.3, -0.25) is 9.89 Å². The fourth-order valence-corrected chi connectivity index (χ4v) is 3.21. The third-order valence-corrected chi connectivity index (χ3v) is 4.90. The number of rotatable bonds is 6. The third-order valence-electron chi connectivity index (χ3n) is 4.90. The molecule has 7 heteroatoms. The van der Waals surface area contributed by atoms with Crippen LogP contribution in [0.15, 0.2) is 60.9 Å². The van der Waals surface area contributed by atoms with Gasteiger partial charge in [0.15, 0.2) is 0 Å². The SMILES string of the molecule is COc1ccc(C(C)C)cc1NC(=O)c1cccnc1Nc1ccc2cn[nH]c2c1. The van der Waals surface area contributed by atoms with Crippen molar-refractivity contribution in [2.75, 3.05) is 17.7 Å². The molecule has 0 unspecified atom stereocenters. The molecule has 0 saturated carbocycles. The first kappa shape index (κ1) is 19.4. The first-order valence-electron chi connectivity index (χ1n) is 9.69. The number of carbonyl (C=O) groups excluding carboxylic acids is 1. The summed E-state index contributed by atoms with van der Waals surface area (Å²) >= 11 is 0. The normalized spacial score (nSPS) is 10.9. The molecule has 0 aliphatic heterocycles. The van der Waals surface area contributed by atoms with Gasteiger partial charge in [0, 0.05) is 17.3 Å². The summed E-state index contributed by atoms with van der Waals surface area (Å²) in [6.45, 7) is 4.21. The van der Waals surface area contributed by atoms with E-state index in [4.69, 9.17) is 4.74 Å². The number of pyridine rings is 1. The molecule has 0 bridgehead atoms. The molecule has 7 nitrogen and oxygen atoms in total. The van der Waals surface area contributed by atoms with Crippen LogP contribution in [0.5, 0.6) is 5.75 Å². The Morgan fingerprint density at radius 1 is 1.13 bits per heavy atom.